The number of aromatic amines is 1. The topological polar surface area (TPSA) is 58.9 Å². The van der Waals surface area contributed by atoms with Gasteiger partial charge >= 0.3 is 0 Å². The van der Waals surface area contributed by atoms with Crippen LogP contribution in [0, 0.1) is 0 Å². The monoisotopic (exact) mass is 264 g/mol. The molecular weight excluding hydrogens is 256 g/mol. The zero-order valence-corrected chi connectivity index (χ0v) is 9.41. The fraction of sp³-hybridized carbons (Fsp3) is 0. The lowest BCUT2D eigenvalue weighted by Crippen LogP contribution is -2.10. The number of halogens is 1. The standard InChI is InChI=1S/C11H9BrN2O/c12-9-3-1-7(2-4-9)8-5-10(13)11(15)14-6-8/h1-6H,13H2,(H,14,15). The maximum atomic E-state index is 11.1. The van der Waals surface area contributed by atoms with Crippen molar-refractivity contribution in [2.75, 3.05) is 5.73 Å². The number of nitrogen functional groups attached to an aromatic ring is 1. The Kier molecular flexibility index (Phi) is 2.60. The molecule has 4 heteroatoms. The van der Waals surface area contributed by atoms with Crippen LogP contribution in [0.5, 0.6) is 0 Å². The van der Waals surface area contributed by atoms with Gasteiger partial charge in [-0.25, -0.2) is 0 Å². The second-order valence-electron chi connectivity index (χ2n) is 3.18. The molecule has 0 radical (unpaired) electrons. The summed E-state index contributed by atoms with van der Waals surface area (Å²) in [7, 11) is 0. The Morgan fingerprint density at radius 2 is 1.80 bits per heavy atom. The summed E-state index contributed by atoms with van der Waals surface area (Å²) >= 11 is 3.36. The third kappa shape index (κ3) is 2.10. The molecule has 0 fully saturated rings. The molecule has 76 valence electrons. The van der Waals surface area contributed by atoms with Gasteiger partial charge in [0.15, 0.2) is 0 Å². The van der Waals surface area contributed by atoms with Gasteiger partial charge in [-0.05, 0) is 23.8 Å². The van der Waals surface area contributed by atoms with Crippen LogP contribution in [0.25, 0.3) is 11.1 Å². The minimum atomic E-state index is -0.254. The fourth-order valence-electron chi connectivity index (χ4n) is 1.31. The Balaban J connectivity index is 2.50. The Hall–Kier alpha value is -1.55. The lowest BCUT2D eigenvalue weighted by Gasteiger charge is -2.02. The number of hydrogen-bond acceptors (Lipinski definition) is 2. The molecule has 0 amide bonds. The molecule has 0 aliphatic carbocycles. The first-order valence-corrected chi connectivity index (χ1v) is 5.20. The molecule has 0 saturated heterocycles. The Morgan fingerprint density at radius 3 is 2.40 bits per heavy atom. The van der Waals surface area contributed by atoms with Crippen molar-refractivity contribution >= 4 is 21.6 Å². The summed E-state index contributed by atoms with van der Waals surface area (Å²) in [5, 5.41) is 0. The Labute approximate surface area is 95.1 Å². The van der Waals surface area contributed by atoms with E-state index in [1.165, 1.54) is 0 Å². The average Bonchev–Trinajstić information content (AvgIpc) is 2.23. The highest BCUT2D eigenvalue weighted by Crippen LogP contribution is 2.21. The van der Waals surface area contributed by atoms with Crippen molar-refractivity contribution in [2.45, 2.75) is 0 Å². The van der Waals surface area contributed by atoms with Gasteiger partial charge in [-0.1, -0.05) is 28.1 Å². The van der Waals surface area contributed by atoms with E-state index < -0.39 is 0 Å². The molecule has 0 aliphatic rings. The molecule has 1 heterocycles. The molecular formula is C11H9BrN2O. The van der Waals surface area contributed by atoms with Crippen LogP contribution in [-0.2, 0) is 0 Å². The van der Waals surface area contributed by atoms with Gasteiger partial charge in [0.05, 0.1) is 5.69 Å². The Morgan fingerprint density at radius 1 is 1.13 bits per heavy atom. The minimum absolute atomic E-state index is 0.232. The van der Waals surface area contributed by atoms with Gasteiger partial charge in [0.25, 0.3) is 5.56 Å². The maximum absolute atomic E-state index is 11.1. The maximum Gasteiger partial charge on any atom is 0.271 e. The number of rotatable bonds is 1. The number of hydrogen-bond donors (Lipinski definition) is 2. The SMILES string of the molecule is Nc1cc(-c2ccc(Br)cc2)c[nH]c1=O. The smallest absolute Gasteiger partial charge is 0.271 e. The van der Waals surface area contributed by atoms with Crippen molar-refractivity contribution in [3.05, 3.63) is 51.4 Å². The summed E-state index contributed by atoms with van der Waals surface area (Å²) in [6.45, 7) is 0. The van der Waals surface area contributed by atoms with E-state index in [9.17, 15) is 4.79 Å². The average molecular weight is 265 g/mol. The van der Waals surface area contributed by atoms with Crippen molar-refractivity contribution in [1.82, 2.24) is 4.98 Å². The number of benzene rings is 1. The van der Waals surface area contributed by atoms with Gasteiger partial charge in [-0.3, -0.25) is 4.79 Å². The van der Waals surface area contributed by atoms with E-state index in [2.05, 4.69) is 20.9 Å². The fourth-order valence-corrected chi connectivity index (χ4v) is 1.57. The highest BCUT2D eigenvalue weighted by Gasteiger charge is 2.00. The van der Waals surface area contributed by atoms with E-state index in [0.29, 0.717) is 0 Å². The second-order valence-corrected chi connectivity index (χ2v) is 4.10. The van der Waals surface area contributed by atoms with Crippen LogP contribution in [0.15, 0.2) is 45.8 Å². The normalized spacial score (nSPS) is 10.2. The van der Waals surface area contributed by atoms with Crippen molar-refractivity contribution in [1.29, 1.82) is 0 Å². The number of nitrogens with one attached hydrogen (secondary N) is 1. The van der Waals surface area contributed by atoms with E-state index in [1.807, 2.05) is 24.3 Å². The second kappa shape index (κ2) is 3.90. The number of aromatic nitrogens is 1. The van der Waals surface area contributed by atoms with Crippen LogP contribution < -0.4 is 11.3 Å². The van der Waals surface area contributed by atoms with Crippen molar-refractivity contribution in [3.8, 4) is 11.1 Å². The van der Waals surface area contributed by atoms with E-state index in [1.54, 1.807) is 12.3 Å². The summed E-state index contributed by atoms with van der Waals surface area (Å²) < 4.78 is 1.02. The van der Waals surface area contributed by atoms with Gasteiger partial charge in [0.2, 0.25) is 0 Å². The van der Waals surface area contributed by atoms with E-state index in [4.69, 9.17) is 5.73 Å². The zero-order valence-electron chi connectivity index (χ0n) is 7.83. The van der Waals surface area contributed by atoms with Crippen LogP contribution in [-0.4, -0.2) is 4.98 Å². The molecule has 0 aliphatic heterocycles. The van der Waals surface area contributed by atoms with Crippen LogP contribution in [0.2, 0.25) is 0 Å². The molecule has 0 unspecified atom stereocenters. The predicted molar refractivity (Wildman–Crippen MR) is 64.6 cm³/mol. The first-order valence-electron chi connectivity index (χ1n) is 4.41. The van der Waals surface area contributed by atoms with Gasteiger partial charge in [0, 0.05) is 16.2 Å². The third-order valence-corrected chi connectivity index (χ3v) is 2.64. The van der Waals surface area contributed by atoms with E-state index in [-0.39, 0.29) is 11.2 Å². The van der Waals surface area contributed by atoms with Crippen LogP contribution in [0.3, 0.4) is 0 Å². The minimum Gasteiger partial charge on any atom is -0.394 e. The molecule has 2 aromatic rings. The molecule has 3 N–H and O–H groups in total. The number of anilines is 1. The summed E-state index contributed by atoms with van der Waals surface area (Å²) in [5.41, 5.74) is 7.43. The molecule has 15 heavy (non-hydrogen) atoms. The van der Waals surface area contributed by atoms with Gasteiger partial charge < -0.3 is 10.7 Å². The van der Waals surface area contributed by atoms with Crippen LogP contribution in [0.4, 0.5) is 5.69 Å². The number of nitrogens with two attached hydrogens (primary N) is 1. The zero-order chi connectivity index (χ0) is 10.8. The highest BCUT2D eigenvalue weighted by atomic mass is 79.9. The van der Waals surface area contributed by atoms with Gasteiger partial charge in [-0.15, -0.1) is 0 Å². The van der Waals surface area contributed by atoms with Gasteiger partial charge in [0.1, 0.15) is 0 Å². The predicted octanol–water partition coefficient (Wildman–Crippen LogP) is 2.39. The van der Waals surface area contributed by atoms with Crippen molar-refractivity contribution < 1.29 is 0 Å². The summed E-state index contributed by atoms with van der Waals surface area (Å²) in [6.07, 6.45) is 1.65. The number of H-pyrrole nitrogens is 1. The van der Waals surface area contributed by atoms with Gasteiger partial charge in [-0.2, -0.15) is 0 Å². The summed E-state index contributed by atoms with van der Waals surface area (Å²) in [4.78, 5) is 13.7. The van der Waals surface area contributed by atoms with Crippen molar-refractivity contribution in [3.63, 3.8) is 0 Å². The number of pyridine rings is 1. The lowest BCUT2D eigenvalue weighted by atomic mass is 10.1. The molecule has 0 bridgehead atoms. The van der Waals surface area contributed by atoms with Crippen molar-refractivity contribution in [2.24, 2.45) is 0 Å². The van der Waals surface area contributed by atoms with Crippen LogP contribution in [0.1, 0.15) is 0 Å². The quantitative estimate of drug-likeness (QED) is 0.831. The Bertz CT molecular complexity index is 531. The highest BCUT2D eigenvalue weighted by molar-refractivity contribution is 9.10. The molecule has 2 rings (SSSR count). The first-order chi connectivity index (χ1) is 7.16. The molecule has 1 aromatic carbocycles. The molecule has 0 atom stereocenters. The molecule has 0 spiro atoms. The van der Waals surface area contributed by atoms with E-state index in [0.717, 1.165) is 15.6 Å². The molecule has 0 saturated carbocycles. The lowest BCUT2D eigenvalue weighted by molar-refractivity contribution is 1.25. The van der Waals surface area contributed by atoms with Crippen LogP contribution >= 0.6 is 15.9 Å². The molecule has 3 nitrogen and oxygen atoms in total. The summed E-state index contributed by atoms with van der Waals surface area (Å²) in [6, 6.07) is 9.46. The third-order valence-electron chi connectivity index (χ3n) is 2.11. The largest absolute Gasteiger partial charge is 0.394 e. The molecule has 1 aromatic heterocycles. The van der Waals surface area contributed by atoms with E-state index >= 15 is 0 Å². The summed E-state index contributed by atoms with van der Waals surface area (Å²) in [5.74, 6) is 0. The first kappa shape index (κ1) is 9.98.